The van der Waals surface area contributed by atoms with Crippen LogP contribution in [-0.4, -0.2) is 14.7 Å². The Kier molecular flexibility index (Phi) is 3.76. The highest BCUT2D eigenvalue weighted by atomic mass is 16.3. The van der Waals surface area contributed by atoms with E-state index in [1.807, 2.05) is 6.07 Å². The zero-order valence-corrected chi connectivity index (χ0v) is 12.5. The highest BCUT2D eigenvalue weighted by Crippen LogP contribution is 2.21. The molecule has 0 bridgehead atoms. The summed E-state index contributed by atoms with van der Waals surface area (Å²) in [7, 11) is 0. The molecule has 3 aromatic rings. The molecular weight excluding hydrogens is 260 g/mol. The normalized spacial score (nSPS) is 11.2. The molecule has 3 rings (SSSR count). The number of benzene rings is 2. The van der Waals surface area contributed by atoms with Crippen LogP contribution >= 0.6 is 0 Å². The Hall–Kier alpha value is -2.13. The Morgan fingerprint density at radius 2 is 1.95 bits per heavy atom. The van der Waals surface area contributed by atoms with E-state index < -0.39 is 0 Å². The van der Waals surface area contributed by atoms with Crippen LogP contribution in [0.3, 0.4) is 0 Å². The summed E-state index contributed by atoms with van der Waals surface area (Å²) >= 11 is 0. The fourth-order valence-corrected chi connectivity index (χ4v) is 2.70. The molecule has 108 valence electrons. The molecule has 3 heteroatoms. The van der Waals surface area contributed by atoms with Crippen LogP contribution in [-0.2, 0) is 19.6 Å². The minimum Gasteiger partial charge on any atom is -0.388 e. The van der Waals surface area contributed by atoms with Gasteiger partial charge in [0.1, 0.15) is 12.4 Å². The molecule has 0 aliphatic heterocycles. The molecule has 1 N–H and O–H groups in total. The van der Waals surface area contributed by atoms with E-state index in [1.54, 1.807) is 0 Å². The quantitative estimate of drug-likeness (QED) is 0.795. The number of rotatable bonds is 4. The SMILES string of the molecule is CCc1ccc2c(c1)nc(CO)n2Cc1ccccc1C. The summed E-state index contributed by atoms with van der Waals surface area (Å²) in [6.07, 6.45) is 0.995. The smallest absolute Gasteiger partial charge is 0.136 e. The van der Waals surface area contributed by atoms with Gasteiger partial charge < -0.3 is 9.67 Å². The van der Waals surface area contributed by atoms with Crippen molar-refractivity contribution in [3.63, 3.8) is 0 Å². The molecule has 1 aromatic heterocycles. The fourth-order valence-electron chi connectivity index (χ4n) is 2.70. The number of hydrogen-bond donors (Lipinski definition) is 1. The van der Waals surface area contributed by atoms with E-state index >= 15 is 0 Å². The second kappa shape index (κ2) is 5.70. The molecule has 0 aliphatic rings. The van der Waals surface area contributed by atoms with Gasteiger partial charge in [-0.3, -0.25) is 0 Å². The molecule has 0 saturated heterocycles. The molecule has 0 radical (unpaired) electrons. The number of aliphatic hydroxyl groups excluding tert-OH is 1. The summed E-state index contributed by atoms with van der Waals surface area (Å²) in [6, 6.07) is 14.7. The first-order valence-corrected chi connectivity index (χ1v) is 7.36. The van der Waals surface area contributed by atoms with E-state index in [0.29, 0.717) is 0 Å². The highest BCUT2D eigenvalue weighted by molar-refractivity contribution is 5.77. The van der Waals surface area contributed by atoms with Gasteiger partial charge in [-0.05, 0) is 42.2 Å². The zero-order valence-electron chi connectivity index (χ0n) is 12.5. The Morgan fingerprint density at radius 3 is 2.67 bits per heavy atom. The van der Waals surface area contributed by atoms with Gasteiger partial charge in [0.25, 0.3) is 0 Å². The molecular formula is C18H20N2O. The Labute approximate surface area is 124 Å². The molecule has 2 aromatic carbocycles. The Balaban J connectivity index is 2.10. The van der Waals surface area contributed by atoms with Crippen LogP contribution in [0.25, 0.3) is 11.0 Å². The lowest BCUT2D eigenvalue weighted by Gasteiger charge is -2.10. The molecule has 0 fully saturated rings. The van der Waals surface area contributed by atoms with Crippen molar-refractivity contribution in [2.75, 3.05) is 0 Å². The minimum atomic E-state index is -0.0397. The first-order chi connectivity index (χ1) is 10.2. The van der Waals surface area contributed by atoms with Crippen LogP contribution in [0.15, 0.2) is 42.5 Å². The molecule has 0 saturated carbocycles. The van der Waals surface area contributed by atoms with Crippen LogP contribution < -0.4 is 0 Å². The van der Waals surface area contributed by atoms with Gasteiger partial charge in [-0.2, -0.15) is 0 Å². The van der Waals surface area contributed by atoms with E-state index in [0.717, 1.165) is 29.8 Å². The molecule has 0 unspecified atom stereocenters. The van der Waals surface area contributed by atoms with Crippen molar-refractivity contribution in [3.05, 3.63) is 65.0 Å². The number of imidazole rings is 1. The molecule has 0 spiro atoms. The molecule has 0 aliphatic carbocycles. The van der Waals surface area contributed by atoms with E-state index in [1.165, 1.54) is 16.7 Å². The molecule has 0 atom stereocenters. The second-order valence-corrected chi connectivity index (χ2v) is 5.38. The monoisotopic (exact) mass is 280 g/mol. The van der Waals surface area contributed by atoms with Gasteiger partial charge in [-0.1, -0.05) is 37.3 Å². The van der Waals surface area contributed by atoms with Gasteiger partial charge in [0.05, 0.1) is 11.0 Å². The van der Waals surface area contributed by atoms with Gasteiger partial charge in [-0.15, -0.1) is 0 Å². The van der Waals surface area contributed by atoms with E-state index in [2.05, 4.69) is 59.8 Å². The topological polar surface area (TPSA) is 38.1 Å². The maximum absolute atomic E-state index is 9.61. The van der Waals surface area contributed by atoms with Gasteiger partial charge >= 0.3 is 0 Å². The van der Waals surface area contributed by atoms with Crippen LogP contribution in [0.4, 0.5) is 0 Å². The van der Waals surface area contributed by atoms with Gasteiger partial charge in [-0.25, -0.2) is 4.98 Å². The average molecular weight is 280 g/mol. The first-order valence-electron chi connectivity index (χ1n) is 7.36. The first kappa shape index (κ1) is 13.8. The molecule has 1 heterocycles. The summed E-state index contributed by atoms with van der Waals surface area (Å²) in [5.74, 6) is 0.724. The van der Waals surface area contributed by atoms with Crippen molar-refractivity contribution in [1.82, 2.24) is 9.55 Å². The van der Waals surface area contributed by atoms with Crippen LogP contribution in [0.2, 0.25) is 0 Å². The third-order valence-corrected chi connectivity index (χ3v) is 4.03. The Morgan fingerprint density at radius 1 is 1.14 bits per heavy atom. The standard InChI is InChI=1S/C18H20N2O/c1-3-14-8-9-17-16(10-14)19-18(12-21)20(17)11-15-7-5-4-6-13(15)2/h4-10,21H,3,11-12H2,1-2H3. The third-order valence-electron chi connectivity index (χ3n) is 4.03. The van der Waals surface area contributed by atoms with Crippen molar-refractivity contribution in [3.8, 4) is 0 Å². The van der Waals surface area contributed by atoms with Gasteiger partial charge in [0.15, 0.2) is 0 Å². The number of hydrogen-bond acceptors (Lipinski definition) is 2. The molecule has 3 nitrogen and oxygen atoms in total. The van der Waals surface area contributed by atoms with E-state index in [-0.39, 0.29) is 6.61 Å². The summed E-state index contributed by atoms with van der Waals surface area (Å²) < 4.78 is 2.11. The maximum atomic E-state index is 9.61. The van der Waals surface area contributed by atoms with Crippen molar-refractivity contribution in [2.24, 2.45) is 0 Å². The lowest BCUT2D eigenvalue weighted by Crippen LogP contribution is -2.06. The summed E-state index contributed by atoms with van der Waals surface area (Å²) in [6.45, 7) is 4.95. The maximum Gasteiger partial charge on any atom is 0.136 e. The molecule has 0 amide bonds. The lowest BCUT2D eigenvalue weighted by atomic mass is 10.1. The van der Waals surface area contributed by atoms with E-state index in [9.17, 15) is 5.11 Å². The molecule has 21 heavy (non-hydrogen) atoms. The van der Waals surface area contributed by atoms with Crippen molar-refractivity contribution in [1.29, 1.82) is 0 Å². The summed E-state index contributed by atoms with van der Waals surface area (Å²) in [5, 5.41) is 9.61. The number of aromatic nitrogens is 2. The van der Waals surface area contributed by atoms with Gasteiger partial charge in [0.2, 0.25) is 0 Å². The summed E-state index contributed by atoms with van der Waals surface area (Å²) in [5.41, 5.74) is 5.83. The number of fused-ring (bicyclic) bond motifs is 1. The third kappa shape index (κ3) is 2.57. The van der Waals surface area contributed by atoms with Crippen molar-refractivity contribution < 1.29 is 5.11 Å². The van der Waals surface area contributed by atoms with Crippen molar-refractivity contribution >= 4 is 11.0 Å². The largest absolute Gasteiger partial charge is 0.388 e. The van der Waals surface area contributed by atoms with Crippen molar-refractivity contribution in [2.45, 2.75) is 33.4 Å². The zero-order chi connectivity index (χ0) is 14.8. The van der Waals surface area contributed by atoms with Gasteiger partial charge in [0, 0.05) is 6.54 Å². The highest BCUT2D eigenvalue weighted by Gasteiger charge is 2.11. The fraction of sp³-hybridized carbons (Fsp3) is 0.278. The summed E-state index contributed by atoms with van der Waals surface area (Å²) in [4.78, 5) is 4.58. The average Bonchev–Trinajstić information content (AvgIpc) is 2.86. The number of nitrogens with zero attached hydrogens (tertiary/aromatic N) is 2. The Bertz CT molecular complexity index is 774. The van der Waals surface area contributed by atoms with Crippen LogP contribution in [0.5, 0.6) is 0 Å². The number of aryl methyl sites for hydroxylation is 2. The van der Waals surface area contributed by atoms with E-state index in [4.69, 9.17) is 0 Å². The lowest BCUT2D eigenvalue weighted by molar-refractivity contribution is 0.267. The number of aliphatic hydroxyl groups is 1. The second-order valence-electron chi connectivity index (χ2n) is 5.38. The van der Waals surface area contributed by atoms with Crippen LogP contribution in [0, 0.1) is 6.92 Å². The predicted octanol–water partition coefficient (Wildman–Crippen LogP) is 3.45. The minimum absolute atomic E-state index is 0.0397. The van der Waals surface area contributed by atoms with Crippen LogP contribution in [0.1, 0.15) is 29.4 Å². The predicted molar refractivity (Wildman–Crippen MR) is 85.3 cm³/mol.